The molecular formula is C24H34N4O4S. The first-order chi connectivity index (χ1) is 15.6. The van der Waals surface area contributed by atoms with Crippen LogP contribution < -0.4 is 11.1 Å². The van der Waals surface area contributed by atoms with Gasteiger partial charge in [0, 0.05) is 25.1 Å². The minimum atomic E-state index is -3.49. The first-order valence-corrected chi connectivity index (χ1v) is 13.1. The molecule has 3 N–H and O–H groups in total. The number of benzene rings is 1. The second-order valence-corrected chi connectivity index (χ2v) is 11.1. The van der Waals surface area contributed by atoms with Gasteiger partial charge in [-0.1, -0.05) is 6.08 Å². The van der Waals surface area contributed by atoms with Crippen molar-refractivity contribution in [1.82, 2.24) is 9.62 Å². The summed E-state index contributed by atoms with van der Waals surface area (Å²) in [5.74, 6) is 0.0765. The monoisotopic (exact) mass is 474 g/mol. The van der Waals surface area contributed by atoms with Crippen molar-refractivity contribution < 1.29 is 18.0 Å². The average Bonchev–Trinajstić information content (AvgIpc) is 3.05. The lowest BCUT2D eigenvalue weighted by molar-refractivity contribution is -0.124. The molecule has 0 radical (unpaired) electrons. The average molecular weight is 475 g/mol. The van der Waals surface area contributed by atoms with Crippen molar-refractivity contribution in [2.75, 3.05) is 18.8 Å². The molecule has 1 spiro atoms. The number of hydrogen-bond donors (Lipinski definition) is 2. The number of carbonyl (C=O) groups excluding carboxylic acids is 2. The van der Waals surface area contributed by atoms with Gasteiger partial charge in [-0.3, -0.25) is 14.6 Å². The number of nitrogens with two attached hydrogens (primary N) is 1. The number of unbranched alkanes of at least 4 members (excludes halogenated alkanes) is 2. The summed E-state index contributed by atoms with van der Waals surface area (Å²) >= 11 is 0. The first-order valence-electron chi connectivity index (χ1n) is 11.5. The standard InChI is InChI=1S/C24H34N4O4S/c1-4-5-6-7-8-21-26-23(30)24(27-21)10-12-28(13-11-24)33(31,32)14-9-20-17(2)15-19(22(25)29)16-18(20)3/h4,15-16H,1,5-14H2,2-3H3,(H2,25,29)(H,26,27,30). The number of hydrogen-bond acceptors (Lipinski definition) is 5. The number of nitrogens with zero attached hydrogens (tertiary/aromatic N) is 2. The molecule has 0 aromatic heterocycles. The van der Waals surface area contributed by atoms with Gasteiger partial charge in [0.05, 0.1) is 5.75 Å². The van der Waals surface area contributed by atoms with Crippen LogP contribution in [0, 0.1) is 13.8 Å². The van der Waals surface area contributed by atoms with Crippen LogP contribution in [0.15, 0.2) is 29.8 Å². The summed E-state index contributed by atoms with van der Waals surface area (Å²) in [6.45, 7) is 7.99. The number of amides is 2. The minimum Gasteiger partial charge on any atom is -0.366 e. The van der Waals surface area contributed by atoms with Gasteiger partial charge in [0.15, 0.2) is 0 Å². The molecule has 8 nitrogen and oxygen atoms in total. The molecule has 2 heterocycles. The summed E-state index contributed by atoms with van der Waals surface area (Å²) in [6, 6.07) is 3.40. The normalized spacial score (nSPS) is 18.2. The molecule has 0 aliphatic carbocycles. The van der Waals surface area contributed by atoms with E-state index < -0.39 is 21.5 Å². The Bertz CT molecular complexity index is 1050. The number of allylic oxidation sites excluding steroid dienone is 1. The summed E-state index contributed by atoms with van der Waals surface area (Å²) in [6.07, 6.45) is 6.60. The lowest BCUT2D eigenvalue weighted by Gasteiger charge is -2.34. The van der Waals surface area contributed by atoms with E-state index in [1.54, 1.807) is 12.1 Å². The minimum absolute atomic E-state index is 0.0262. The molecule has 0 atom stereocenters. The molecule has 2 aliphatic rings. The van der Waals surface area contributed by atoms with Crippen LogP contribution in [0.2, 0.25) is 0 Å². The molecular weight excluding hydrogens is 440 g/mol. The number of rotatable bonds is 10. The third-order valence-corrected chi connectivity index (χ3v) is 8.51. The summed E-state index contributed by atoms with van der Waals surface area (Å²) in [5.41, 5.74) is 7.58. The van der Waals surface area contributed by atoms with Crippen molar-refractivity contribution in [3.63, 3.8) is 0 Å². The van der Waals surface area contributed by atoms with E-state index in [0.717, 1.165) is 42.4 Å². The van der Waals surface area contributed by atoms with E-state index in [4.69, 9.17) is 5.73 Å². The van der Waals surface area contributed by atoms with Gasteiger partial charge in [-0.25, -0.2) is 12.7 Å². The zero-order chi connectivity index (χ0) is 24.2. The van der Waals surface area contributed by atoms with Crippen molar-refractivity contribution in [1.29, 1.82) is 0 Å². The van der Waals surface area contributed by atoms with Crippen LogP contribution in [-0.2, 0) is 21.2 Å². The molecule has 1 aromatic rings. The van der Waals surface area contributed by atoms with Gasteiger partial charge in [-0.15, -0.1) is 6.58 Å². The Labute approximate surface area is 196 Å². The van der Waals surface area contributed by atoms with Crippen LogP contribution in [0.3, 0.4) is 0 Å². The maximum absolute atomic E-state index is 13.0. The fraction of sp³-hybridized carbons (Fsp3) is 0.542. The molecule has 3 rings (SSSR count). The molecule has 33 heavy (non-hydrogen) atoms. The summed E-state index contributed by atoms with van der Waals surface area (Å²) in [5, 5.41) is 2.90. The smallest absolute Gasteiger partial charge is 0.253 e. The second kappa shape index (κ2) is 10.2. The number of piperidine rings is 1. The van der Waals surface area contributed by atoms with Crippen molar-refractivity contribution in [3.8, 4) is 0 Å². The van der Waals surface area contributed by atoms with Crippen LogP contribution in [-0.4, -0.2) is 54.8 Å². The van der Waals surface area contributed by atoms with Gasteiger partial charge in [0.25, 0.3) is 5.91 Å². The van der Waals surface area contributed by atoms with Crippen molar-refractivity contribution in [3.05, 3.63) is 47.0 Å². The number of primary amides is 1. The highest BCUT2D eigenvalue weighted by Gasteiger charge is 2.47. The Balaban J connectivity index is 1.60. The van der Waals surface area contributed by atoms with E-state index >= 15 is 0 Å². The van der Waals surface area contributed by atoms with Crippen LogP contribution in [0.5, 0.6) is 0 Å². The van der Waals surface area contributed by atoms with E-state index in [9.17, 15) is 18.0 Å². The fourth-order valence-electron chi connectivity index (χ4n) is 4.65. The quantitative estimate of drug-likeness (QED) is 0.399. The maximum atomic E-state index is 13.0. The van der Waals surface area contributed by atoms with Gasteiger partial charge >= 0.3 is 0 Å². The van der Waals surface area contributed by atoms with Crippen molar-refractivity contribution in [2.24, 2.45) is 10.7 Å². The first kappa shape index (κ1) is 25.1. The van der Waals surface area contributed by atoms with Gasteiger partial charge < -0.3 is 11.1 Å². The topological polar surface area (TPSA) is 122 Å². The van der Waals surface area contributed by atoms with Gasteiger partial charge in [0.2, 0.25) is 15.9 Å². The zero-order valence-corrected chi connectivity index (χ0v) is 20.3. The summed E-state index contributed by atoms with van der Waals surface area (Å²) < 4.78 is 27.5. The highest BCUT2D eigenvalue weighted by Crippen LogP contribution is 2.32. The zero-order valence-electron chi connectivity index (χ0n) is 19.5. The Kier molecular flexibility index (Phi) is 7.74. The highest BCUT2D eigenvalue weighted by atomic mass is 32.2. The predicted octanol–water partition coefficient (Wildman–Crippen LogP) is 2.38. The number of nitrogens with one attached hydrogen (secondary N) is 1. The van der Waals surface area contributed by atoms with Crippen molar-refractivity contribution >= 4 is 27.7 Å². The molecule has 1 aromatic carbocycles. The second-order valence-electron chi connectivity index (χ2n) is 9.00. The molecule has 2 amide bonds. The van der Waals surface area contributed by atoms with E-state index in [1.165, 1.54) is 4.31 Å². The van der Waals surface area contributed by atoms with Crippen LogP contribution >= 0.6 is 0 Å². The van der Waals surface area contributed by atoms with Gasteiger partial charge in [-0.2, -0.15) is 0 Å². The fourth-order valence-corrected chi connectivity index (χ4v) is 6.11. The Hall–Kier alpha value is -2.52. The largest absolute Gasteiger partial charge is 0.366 e. The number of carbonyl (C=O) groups is 2. The third kappa shape index (κ3) is 5.70. The number of amidine groups is 1. The molecule has 1 saturated heterocycles. The molecule has 0 unspecified atom stereocenters. The van der Waals surface area contributed by atoms with E-state index in [0.29, 0.717) is 30.7 Å². The lowest BCUT2D eigenvalue weighted by Crippen LogP contribution is -2.50. The molecule has 2 aliphatic heterocycles. The predicted molar refractivity (Wildman–Crippen MR) is 130 cm³/mol. The van der Waals surface area contributed by atoms with Crippen LogP contribution in [0.4, 0.5) is 0 Å². The maximum Gasteiger partial charge on any atom is 0.253 e. The number of sulfonamides is 1. The highest BCUT2D eigenvalue weighted by molar-refractivity contribution is 7.89. The third-order valence-electron chi connectivity index (χ3n) is 6.63. The Morgan fingerprint density at radius 2 is 1.85 bits per heavy atom. The molecule has 180 valence electrons. The summed E-state index contributed by atoms with van der Waals surface area (Å²) in [7, 11) is -3.49. The van der Waals surface area contributed by atoms with E-state index in [2.05, 4.69) is 16.9 Å². The van der Waals surface area contributed by atoms with Gasteiger partial charge in [-0.05, 0) is 81.2 Å². The Morgan fingerprint density at radius 1 is 1.21 bits per heavy atom. The number of aryl methyl sites for hydroxylation is 2. The molecule has 0 bridgehead atoms. The van der Waals surface area contributed by atoms with Gasteiger partial charge in [0.1, 0.15) is 11.4 Å². The van der Waals surface area contributed by atoms with E-state index in [-0.39, 0.29) is 24.7 Å². The summed E-state index contributed by atoms with van der Waals surface area (Å²) in [4.78, 5) is 28.8. The SMILES string of the molecule is C=CCCCCC1=NC2(CCN(S(=O)(=O)CCc3c(C)cc(C(N)=O)cc3C)CC2)C(=O)N1. The number of aliphatic imine (C=N–C) groups is 1. The van der Waals surface area contributed by atoms with E-state index in [1.807, 2.05) is 19.9 Å². The molecule has 9 heteroatoms. The van der Waals surface area contributed by atoms with Crippen LogP contribution in [0.1, 0.15) is 65.6 Å². The lowest BCUT2D eigenvalue weighted by atomic mass is 9.89. The Morgan fingerprint density at radius 3 is 2.42 bits per heavy atom. The van der Waals surface area contributed by atoms with Crippen molar-refractivity contribution in [2.45, 2.75) is 64.3 Å². The molecule has 0 saturated carbocycles. The van der Waals surface area contributed by atoms with Crippen LogP contribution in [0.25, 0.3) is 0 Å². The molecule has 1 fully saturated rings.